The third-order valence-corrected chi connectivity index (χ3v) is 2.54. The minimum Gasteiger partial charge on any atom is -0.396 e. The zero-order chi connectivity index (χ0) is 10.6. The summed E-state index contributed by atoms with van der Waals surface area (Å²) in [5, 5.41) is 9.37. The van der Waals surface area contributed by atoms with Gasteiger partial charge in [-0.1, -0.05) is 23.2 Å². The van der Waals surface area contributed by atoms with Crippen LogP contribution in [0.2, 0.25) is 10.0 Å². The maximum atomic E-state index is 11.5. The maximum Gasteiger partial charge on any atom is 0.163 e. The van der Waals surface area contributed by atoms with E-state index in [9.17, 15) is 4.79 Å². The Balaban J connectivity index is 2.76. The number of hydrogen-bond donors (Lipinski definition) is 1. The summed E-state index contributed by atoms with van der Waals surface area (Å²) in [7, 11) is 0. The van der Waals surface area contributed by atoms with Gasteiger partial charge in [0.1, 0.15) is 0 Å². The topological polar surface area (TPSA) is 37.3 Å². The standard InChI is InChI=1S/C10H10Cl2O2/c11-8-4-3-7(6-9(8)12)10(14)2-1-5-13/h3-4,6,13H,1-2,5H2. The quantitative estimate of drug-likeness (QED) is 0.811. The predicted octanol–water partition coefficient (Wildman–Crippen LogP) is 2.95. The molecule has 0 saturated heterocycles. The summed E-state index contributed by atoms with van der Waals surface area (Å²) in [6.45, 7) is 0.0209. The molecule has 4 heteroatoms. The van der Waals surface area contributed by atoms with Gasteiger partial charge in [-0.3, -0.25) is 4.79 Å². The van der Waals surface area contributed by atoms with E-state index in [0.29, 0.717) is 28.5 Å². The lowest BCUT2D eigenvalue weighted by atomic mass is 10.1. The second-order valence-electron chi connectivity index (χ2n) is 2.88. The van der Waals surface area contributed by atoms with Crippen molar-refractivity contribution < 1.29 is 9.90 Å². The molecule has 0 heterocycles. The van der Waals surface area contributed by atoms with Gasteiger partial charge in [0.05, 0.1) is 10.0 Å². The first-order chi connectivity index (χ1) is 6.65. The van der Waals surface area contributed by atoms with Crippen LogP contribution in [0.5, 0.6) is 0 Å². The molecule has 0 fully saturated rings. The zero-order valence-electron chi connectivity index (χ0n) is 7.46. The summed E-state index contributed by atoms with van der Waals surface area (Å²) < 4.78 is 0. The predicted molar refractivity (Wildman–Crippen MR) is 57.1 cm³/mol. The second kappa shape index (κ2) is 5.35. The first-order valence-corrected chi connectivity index (χ1v) is 5.00. The van der Waals surface area contributed by atoms with Crippen molar-refractivity contribution >= 4 is 29.0 Å². The molecule has 2 nitrogen and oxygen atoms in total. The number of benzene rings is 1. The Labute approximate surface area is 92.5 Å². The van der Waals surface area contributed by atoms with E-state index >= 15 is 0 Å². The molecule has 0 aliphatic rings. The molecule has 0 radical (unpaired) electrons. The van der Waals surface area contributed by atoms with Crippen LogP contribution in [0.1, 0.15) is 23.2 Å². The van der Waals surface area contributed by atoms with E-state index in [1.165, 1.54) is 0 Å². The van der Waals surface area contributed by atoms with Gasteiger partial charge in [0.15, 0.2) is 5.78 Å². The summed E-state index contributed by atoms with van der Waals surface area (Å²) in [6.07, 6.45) is 0.799. The number of ketones is 1. The van der Waals surface area contributed by atoms with E-state index in [0.717, 1.165) is 0 Å². The Hall–Kier alpha value is -0.570. The van der Waals surface area contributed by atoms with Crippen LogP contribution in [0.4, 0.5) is 0 Å². The van der Waals surface area contributed by atoms with Crippen LogP contribution in [-0.4, -0.2) is 17.5 Å². The lowest BCUT2D eigenvalue weighted by molar-refractivity contribution is 0.0971. The molecular weight excluding hydrogens is 223 g/mol. The number of aliphatic hydroxyl groups excluding tert-OH is 1. The molecule has 1 N–H and O–H groups in total. The van der Waals surface area contributed by atoms with Gasteiger partial charge in [-0.25, -0.2) is 0 Å². The largest absolute Gasteiger partial charge is 0.396 e. The third kappa shape index (κ3) is 2.98. The number of hydrogen-bond acceptors (Lipinski definition) is 2. The molecule has 0 aliphatic heterocycles. The van der Waals surface area contributed by atoms with Crippen molar-refractivity contribution in [3.63, 3.8) is 0 Å². The van der Waals surface area contributed by atoms with Gasteiger partial charge in [-0.05, 0) is 24.6 Å². The fourth-order valence-corrected chi connectivity index (χ4v) is 1.35. The van der Waals surface area contributed by atoms with Crippen molar-refractivity contribution in [2.75, 3.05) is 6.61 Å². The molecule has 1 rings (SSSR count). The van der Waals surface area contributed by atoms with Crippen molar-refractivity contribution in [2.45, 2.75) is 12.8 Å². The summed E-state index contributed by atoms with van der Waals surface area (Å²) in [4.78, 5) is 11.5. The fourth-order valence-electron chi connectivity index (χ4n) is 1.05. The lowest BCUT2D eigenvalue weighted by Gasteiger charge is -2.01. The molecule has 0 aromatic heterocycles. The Morgan fingerprint density at radius 3 is 2.57 bits per heavy atom. The number of rotatable bonds is 4. The van der Waals surface area contributed by atoms with Crippen molar-refractivity contribution in [2.24, 2.45) is 0 Å². The Morgan fingerprint density at radius 1 is 1.29 bits per heavy atom. The van der Waals surface area contributed by atoms with Gasteiger partial charge in [0.25, 0.3) is 0 Å². The third-order valence-electron chi connectivity index (χ3n) is 1.80. The molecule has 1 aromatic carbocycles. The number of Topliss-reactive ketones (excluding diaryl/α,β-unsaturated/α-hetero) is 1. The monoisotopic (exact) mass is 232 g/mol. The molecule has 0 aliphatic carbocycles. The van der Waals surface area contributed by atoms with Crippen LogP contribution < -0.4 is 0 Å². The molecule has 0 atom stereocenters. The van der Waals surface area contributed by atoms with E-state index in [1.54, 1.807) is 18.2 Å². The average Bonchev–Trinajstić information content (AvgIpc) is 2.18. The van der Waals surface area contributed by atoms with E-state index in [4.69, 9.17) is 28.3 Å². The number of halogens is 2. The first kappa shape index (κ1) is 11.5. The van der Waals surface area contributed by atoms with E-state index < -0.39 is 0 Å². The van der Waals surface area contributed by atoms with Crippen molar-refractivity contribution in [1.82, 2.24) is 0 Å². The highest BCUT2D eigenvalue weighted by Gasteiger charge is 2.07. The Bertz CT molecular complexity index is 337. The highest BCUT2D eigenvalue weighted by molar-refractivity contribution is 6.42. The Morgan fingerprint density at radius 2 is 2.00 bits per heavy atom. The second-order valence-corrected chi connectivity index (χ2v) is 3.69. The van der Waals surface area contributed by atoms with Crippen LogP contribution in [0.3, 0.4) is 0 Å². The summed E-state index contributed by atoms with van der Waals surface area (Å²) >= 11 is 11.5. The SMILES string of the molecule is O=C(CCCO)c1ccc(Cl)c(Cl)c1. The van der Waals surface area contributed by atoms with Crippen LogP contribution in [0, 0.1) is 0 Å². The molecule has 76 valence electrons. The van der Waals surface area contributed by atoms with Gasteiger partial charge < -0.3 is 5.11 Å². The van der Waals surface area contributed by atoms with Crippen molar-refractivity contribution in [3.05, 3.63) is 33.8 Å². The van der Waals surface area contributed by atoms with Crippen molar-refractivity contribution in [3.8, 4) is 0 Å². The molecule has 0 spiro atoms. The molecule has 0 unspecified atom stereocenters. The first-order valence-electron chi connectivity index (χ1n) is 4.24. The number of aliphatic hydroxyl groups is 1. The number of carbonyl (C=O) groups excluding carboxylic acids is 1. The summed E-state index contributed by atoms with van der Waals surface area (Å²) in [5.41, 5.74) is 0.535. The van der Waals surface area contributed by atoms with Crippen LogP contribution >= 0.6 is 23.2 Å². The lowest BCUT2D eigenvalue weighted by Crippen LogP contribution is -2.00. The summed E-state index contributed by atoms with van der Waals surface area (Å²) in [6, 6.07) is 4.77. The van der Waals surface area contributed by atoms with Gasteiger partial charge in [0, 0.05) is 18.6 Å². The van der Waals surface area contributed by atoms with Crippen LogP contribution in [0.15, 0.2) is 18.2 Å². The molecule has 14 heavy (non-hydrogen) atoms. The Kier molecular flexibility index (Phi) is 4.39. The van der Waals surface area contributed by atoms with Gasteiger partial charge >= 0.3 is 0 Å². The van der Waals surface area contributed by atoms with E-state index in [-0.39, 0.29) is 12.4 Å². The highest BCUT2D eigenvalue weighted by Crippen LogP contribution is 2.23. The molecule has 0 bridgehead atoms. The van der Waals surface area contributed by atoms with Crippen LogP contribution in [0.25, 0.3) is 0 Å². The molecule has 0 saturated carbocycles. The fraction of sp³-hybridized carbons (Fsp3) is 0.300. The molecule has 1 aromatic rings. The average molecular weight is 233 g/mol. The maximum absolute atomic E-state index is 11.5. The van der Waals surface area contributed by atoms with Gasteiger partial charge in [-0.2, -0.15) is 0 Å². The zero-order valence-corrected chi connectivity index (χ0v) is 8.98. The van der Waals surface area contributed by atoms with Crippen LogP contribution in [-0.2, 0) is 0 Å². The minimum absolute atomic E-state index is 0.0209. The summed E-state index contributed by atoms with van der Waals surface area (Å²) in [5.74, 6) is -0.0300. The highest BCUT2D eigenvalue weighted by atomic mass is 35.5. The van der Waals surface area contributed by atoms with Gasteiger partial charge in [-0.15, -0.1) is 0 Å². The normalized spacial score (nSPS) is 10.2. The minimum atomic E-state index is -0.0300. The number of carbonyl (C=O) groups is 1. The van der Waals surface area contributed by atoms with E-state index in [2.05, 4.69) is 0 Å². The molecular formula is C10H10Cl2O2. The van der Waals surface area contributed by atoms with E-state index in [1.807, 2.05) is 0 Å². The van der Waals surface area contributed by atoms with Gasteiger partial charge in [0.2, 0.25) is 0 Å². The smallest absolute Gasteiger partial charge is 0.163 e. The molecule has 0 amide bonds. The van der Waals surface area contributed by atoms with Crippen molar-refractivity contribution in [1.29, 1.82) is 0 Å².